The van der Waals surface area contributed by atoms with E-state index in [1.165, 1.54) is 43.4 Å². The molecule has 2 aliphatic rings. The number of aliphatic hydroxyl groups excluding tert-OH is 4. The lowest BCUT2D eigenvalue weighted by Gasteiger charge is -2.18. The molecule has 0 amide bonds. The van der Waals surface area contributed by atoms with Gasteiger partial charge in [-0.25, -0.2) is 29.9 Å². The molecule has 4 aromatic heterocycles. The number of anilines is 2. The zero-order valence-corrected chi connectivity index (χ0v) is 24.9. The van der Waals surface area contributed by atoms with Crippen molar-refractivity contribution in [1.29, 1.82) is 0 Å². The maximum Gasteiger partial charge on any atom is 0.181 e. The van der Waals surface area contributed by atoms with E-state index in [1.54, 1.807) is 0 Å². The third-order valence-corrected chi connectivity index (χ3v) is 10.2. The van der Waals surface area contributed by atoms with Gasteiger partial charge in [-0.2, -0.15) is 0 Å². The average Bonchev–Trinajstić information content (AvgIpc) is 3.61. The summed E-state index contributed by atoms with van der Waals surface area (Å²) >= 11 is 6.68. The first-order chi connectivity index (χ1) is 19.2. The summed E-state index contributed by atoms with van der Waals surface area (Å²) < 4.78 is 15.7. The molecule has 16 nitrogen and oxygen atoms in total. The highest BCUT2D eigenvalue weighted by Crippen LogP contribution is 2.40. The molecule has 0 saturated carbocycles. The largest absolute Gasteiger partial charge is 0.387 e. The molecule has 6 heterocycles. The van der Waals surface area contributed by atoms with Crippen molar-refractivity contribution in [3.63, 3.8) is 0 Å². The lowest BCUT2D eigenvalue weighted by Crippen LogP contribution is -2.33. The normalized spacial score (nSPS) is 30.6. The summed E-state index contributed by atoms with van der Waals surface area (Å²) in [6.07, 6.45) is -5.66. The highest BCUT2D eigenvalue weighted by Gasteiger charge is 2.46. The van der Waals surface area contributed by atoms with Crippen molar-refractivity contribution in [3.8, 4) is 0 Å². The van der Waals surface area contributed by atoms with E-state index in [2.05, 4.69) is 61.8 Å². The fraction of sp³-hybridized carbons (Fsp3) is 0.500. The minimum Gasteiger partial charge on any atom is -0.387 e. The van der Waals surface area contributed by atoms with Gasteiger partial charge in [0.25, 0.3) is 0 Å². The van der Waals surface area contributed by atoms with Gasteiger partial charge >= 0.3 is 0 Å². The Hall–Kier alpha value is -1.88. The maximum absolute atomic E-state index is 10.7. The van der Waals surface area contributed by atoms with E-state index in [4.69, 9.17) is 20.9 Å². The summed E-state index contributed by atoms with van der Waals surface area (Å²) in [5.74, 6) is 0.971. The van der Waals surface area contributed by atoms with Gasteiger partial charge in [-0.15, -0.1) is 0 Å². The van der Waals surface area contributed by atoms with Gasteiger partial charge in [0.2, 0.25) is 0 Å². The Morgan fingerprint density at radius 1 is 0.700 bits per heavy atom. The van der Waals surface area contributed by atoms with Crippen LogP contribution in [0.1, 0.15) is 12.5 Å². The van der Waals surface area contributed by atoms with Crippen molar-refractivity contribution in [2.24, 2.45) is 0 Å². The summed E-state index contributed by atoms with van der Waals surface area (Å²) in [5, 5.41) is 42.8. The predicted molar refractivity (Wildman–Crippen MR) is 152 cm³/mol. The molecular formula is C20H22Br2N10O6S2. The molecule has 0 aromatic carbocycles. The predicted octanol–water partition coefficient (Wildman–Crippen LogP) is -0.0246. The van der Waals surface area contributed by atoms with E-state index in [0.29, 0.717) is 43.3 Å². The lowest BCUT2D eigenvalue weighted by atomic mass is 10.1. The van der Waals surface area contributed by atoms with Crippen LogP contribution in [-0.4, -0.2) is 108 Å². The average molecular weight is 722 g/mol. The summed E-state index contributed by atoms with van der Waals surface area (Å²) in [5.41, 5.74) is 13.2. The van der Waals surface area contributed by atoms with Crippen molar-refractivity contribution in [3.05, 3.63) is 22.1 Å². The summed E-state index contributed by atoms with van der Waals surface area (Å²) in [6, 6.07) is 0. The highest BCUT2D eigenvalue weighted by atomic mass is 79.9. The monoisotopic (exact) mass is 720 g/mol. The molecule has 0 bridgehead atoms. The molecule has 0 radical (unpaired) electrons. The lowest BCUT2D eigenvalue weighted by molar-refractivity contribution is -0.0303. The Balaban J connectivity index is 1.08. The van der Waals surface area contributed by atoms with Crippen LogP contribution < -0.4 is 11.5 Å². The molecule has 8 atom stereocenters. The molecule has 2 aliphatic heterocycles. The van der Waals surface area contributed by atoms with Gasteiger partial charge in [0.1, 0.15) is 37.1 Å². The third kappa shape index (κ3) is 4.72. The number of hydrogen-bond donors (Lipinski definition) is 6. The van der Waals surface area contributed by atoms with Crippen LogP contribution >= 0.6 is 53.4 Å². The molecule has 2 saturated heterocycles. The van der Waals surface area contributed by atoms with Crippen molar-refractivity contribution in [2.45, 2.75) is 49.1 Å². The van der Waals surface area contributed by atoms with Crippen molar-refractivity contribution in [1.82, 2.24) is 39.0 Å². The molecule has 0 aliphatic carbocycles. The van der Waals surface area contributed by atoms with Crippen LogP contribution in [0.25, 0.3) is 22.3 Å². The first-order valence-corrected chi connectivity index (χ1v) is 15.8. The number of fused-ring (bicyclic) bond motifs is 2. The van der Waals surface area contributed by atoms with Gasteiger partial charge in [0.15, 0.2) is 55.9 Å². The molecule has 6 rings (SSSR count). The van der Waals surface area contributed by atoms with Crippen LogP contribution in [0.2, 0.25) is 0 Å². The number of nitrogen functional groups attached to an aromatic ring is 2. The van der Waals surface area contributed by atoms with E-state index in [9.17, 15) is 20.4 Å². The molecular weight excluding hydrogens is 700 g/mol. The topological polar surface area (TPSA) is 239 Å². The minimum absolute atomic E-state index is 0.177. The molecule has 0 spiro atoms. The van der Waals surface area contributed by atoms with Crippen molar-refractivity contribution < 1.29 is 29.9 Å². The van der Waals surface area contributed by atoms with Gasteiger partial charge in [0, 0.05) is 11.5 Å². The van der Waals surface area contributed by atoms with Crippen LogP contribution in [0, 0.1) is 0 Å². The van der Waals surface area contributed by atoms with Gasteiger partial charge in [0.05, 0.1) is 12.2 Å². The zero-order valence-electron chi connectivity index (χ0n) is 20.1. The molecule has 20 heteroatoms. The van der Waals surface area contributed by atoms with E-state index < -0.39 is 49.1 Å². The number of halogens is 2. The summed E-state index contributed by atoms with van der Waals surface area (Å²) in [6.45, 7) is 0. The fourth-order valence-electron chi connectivity index (χ4n) is 4.64. The van der Waals surface area contributed by atoms with Gasteiger partial charge in [-0.05, 0) is 31.9 Å². The van der Waals surface area contributed by atoms with E-state index >= 15 is 0 Å². The van der Waals surface area contributed by atoms with Crippen LogP contribution in [0.5, 0.6) is 0 Å². The fourth-order valence-corrected chi connectivity index (χ4v) is 8.13. The number of nitrogens with two attached hydrogens (primary N) is 2. The number of hydrogen-bond acceptors (Lipinski definition) is 16. The molecule has 214 valence electrons. The van der Waals surface area contributed by atoms with Crippen LogP contribution in [0.15, 0.2) is 22.1 Å². The van der Waals surface area contributed by atoms with Gasteiger partial charge in [-0.1, -0.05) is 21.6 Å². The van der Waals surface area contributed by atoms with Crippen molar-refractivity contribution >= 4 is 87.4 Å². The molecule has 40 heavy (non-hydrogen) atoms. The second-order valence-corrected chi connectivity index (χ2v) is 13.0. The van der Waals surface area contributed by atoms with Crippen LogP contribution in [0.3, 0.4) is 0 Å². The number of rotatable bonds is 7. The Kier molecular flexibility index (Phi) is 7.82. The molecule has 2 fully saturated rings. The quantitative estimate of drug-likeness (QED) is 0.0835. The van der Waals surface area contributed by atoms with E-state index in [-0.39, 0.29) is 11.6 Å². The Labute approximate surface area is 249 Å². The Morgan fingerprint density at radius 3 is 1.50 bits per heavy atom. The van der Waals surface area contributed by atoms with Gasteiger partial charge < -0.3 is 41.4 Å². The van der Waals surface area contributed by atoms with Crippen LogP contribution in [0.4, 0.5) is 11.6 Å². The Bertz CT molecular complexity index is 1450. The molecule has 8 N–H and O–H groups in total. The number of imidazole rings is 2. The number of ether oxygens (including phenoxy) is 2. The first kappa shape index (κ1) is 28.2. The molecule has 4 aromatic rings. The van der Waals surface area contributed by atoms with Crippen molar-refractivity contribution in [2.75, 3.05) is 23.0 Å². The standard InChI is InChI=1S/C20H22Br2N10O6S2/c21-19-29-7-13(23)25-3-27-15(7)31(19)17-11(35)9(33)5(37-17)1-39-40-2-6-10(34)12(36)18(38-6)32-16-8(30-20(32)22)14(24)26-4-28-16/h3-6,9-12,17-18,33-36H,1-2H2,(H2,23,25,27)(H2,24,26,28)/t5-,6-,9-,10-,11-,12-,17-,18-/m1/s1. The highest BCUT2D eigenvalue weighted by molar-refractivity contribution is 9.10. The zero-order chi connectivity index (χ0) is 28.3. The van der Waals surface area contributed by atoms with Gasteiger partial charge in [-0.3, -0.25) is 9.13 Å². The third-order valence-electron chi connectivity index (χ3n) is 6.66. The first-order valence-electron chi connectivity index (χ1n) is 11.7. The summed E-state index contributed by atoms with van der Waals surface area (Å²) in [4.78, 5) is 24.8. The second-order valence-electron chi connectivity index (χ2n) is 9.03. The number of nitrogens with zero attached hydrogens (tertiary/aromatic N) is 8. The SMILES string of the molecule is Nc1ncnc2c1nc(Br)n2[C@@H]1O[C@H](CSSC[C@H]2O[C@@H](n3c(Br)nc4c(N)ncnc43)[C@H](O)[C@@H]2O)[C@@H](O)[C@H]1O. The Morgan fingerprint density at radius 2 is 1.10 bits per heavy atom. The molecule has 0 unspecified atom stereocenters. The van der Waals surface area contributed by atoms with E-state index in [0.717, 1.165) is 0 Å². The van der Waals surface area contributed by atoms with E-state index in [1.807, 2.05) is 0 Å². The number of aromatic nitrogens is 8. The number of aliphatic hydroxyl groups is 4. The summed E-state index contributed by atoms with van der Waals surface area (Å²) in [7, 11) is 2.72. The minimum atomic E-state index is -1.25. The smallest absolute Gasteiger partial charge is 0.181 e. The second kappa shape index (κ2) is 11.1. The van der Waals surface area contributed by atoms with Crippen LogP contribution in [-0.2, 0) is 9.47 Å². The maximum atomic E-state index is 10.7.